The van der Waals surface area contributed by atoms with Crippen molar-refractivity contribution < 1.29 is 24.0 Å². The molecule has 61 heavy (non-hydrogen) atoms. The summed E-state index contributed by atoms with van der Waals surface area (Å²) in [6.07, 6.45) is 6.15. The van der Waals surface area contributed by atoms with Gasteiger partial charge in [-0.1, -0.05) is 36.1 Å². The number of hydrogen-bond acceptors (Lipinski definition) is 9. The SMILES string of the molecule is CNC(=O)c1c[nH]c2c(N3CCN(C)CC3)cc(-c3cccc4cc(-c5ccc(C(=O)NCCC#Cc6cccc7c6CN(C6CCC(=O)NC6=O)C7=O)nc5)ncc34)cc12. The molecule has 3 aromatic carbocycles. The van der Waals surface area contributed by atoms with Gasteiger partial charge in [-0.25, -0.2) is 0 Å². The van der Waals surface area contributed by atoms with Gasteiger partial charge in [0.15, 0.2) is 0 Å². The molecule has 4 N–H and O–H groups in total. The summed E-state index contributed by atoms with van der Waals surface area (Å²) in [6.45, 7) is 4.19. The predicted molar refractivity (Wildman–Crippen MR) is 232 cm³/mol. The summed E-state index contributed by atoms with van der Waals surface area (Å²) < 4.78 is 0. The van der Waals surface area contributed by atoms with Crippen LogP contribution in [0.1, 0.15) is 61.6 Å². The lowest BCUT2D eigenvalue weighted by Gasteiger charge is -2.34. The predicted octanol–water partition coefficient (Wildman–Crippen LogP) is 4.49. The number of H-pyrrole nitrogens is 1. The van der Waals surface area contributed by atoms with Crippen LogP contribution in [-0.2, 0) is 16.1 Å². The molecule has 0 saturated carbocycles. The summed E-state index contributed by atoms with van der Waals surface area (Å²) in [4.78, 5) is 82.0. The summed E-state index contributed by atoms with van der Waals surface area (Å²) in [7, 11) is 3.78. The Morgan fingerprint density at radius 1 is 0.885 bits per heavy atom. The number of carbonyl (C=O) groups excluding carboxylic acids is 5. The maximum Gasteiger partial charge on any atom is 0.269 e. The van der Waals surface area contributed by atoms with Crippen LogP contribution in [0.4, 0.5) is 5.69 Å². The number of likely N-dealkylation sites (N-methyl/N-ethyl adjacent to an activating group) is 1. The van der Waals surface area contributed by atoms with Crippen molar-refractivity contribution in [2.45, 2.75) is 31.8 Å². The topological polar surface area (TPSA) is 173 Å². The van der Waals surface area contributed by atoms with Crippen LogP contribution in [0.25, 0.3) is 44.1 Å². The highest BCUT2D eigenvalue weighted by atomic mass is 16.2. The van der Waals surface area contributed by atoms with Crippen molar-refractivity contribution in [2.24, 2.45) is 0 Å². The molecule has 0 bridgehead atoms. The van der Waals surface area contributed by atoms with Crippen LogP contribution in [0.2, 0.25) is 0 Å². The van der Waals surface area contributed by atoms with Gasteiger partial charge in [-0.15, -0.1) is 0 Å². The average Bonchev–Trinajstić information content (AvgIpc) is 3.87. The Labute approximate surface area is 351 Å². The normalized spacial score (nSPS) is 16.6. The molecular weight excluding hydrogens is 771 g/mol. The number of imide groups is 1. The highest BCUT2D eigenvalue weighted by Crippen LogP contribution is 2.38. The first kappa shape index (κ1) is 39.1. The van der Waals surface area contributed by atoms with E-state index in [0.29, 0.717) is 36.1 Å². The number of rotatable bonds is 8. The van der Waals surface area contributed by atoms with E-state index in [1.165, 1.54) is 4.90 Å². The molecule has 1 atom stereocenters. The highest BCUT2D eigenvalue weighted by molar-refractivity contribution is 6.12. The fraction of sp³-hybridized carbons (Fsp3) is 0.255. The number of benzene rings is 3. The van der Waals surface area contributed by atoms with Gasteiger partial charge in [-0.3, -0.25) is 39.3 Å². The van der Waals surface area contributed by atoms with E-state index in [1.54, 1.807) is 37.6 Å². The number of amides is 5. The van der Waals surface area contributed by atoms with Crippen molar-refractivity contribution in [3.8, 4) is 34.2 Å². The quantitative estimate of drug-likeness (QED) is 0.0982. The number of piperidine rings is 1. The highest BCUT2D eigenvalue weighted by Gasteiger charge is 2.39. The van der Waals surface area contributed by atoms with Crippen molar-refractivity contribution in [2.75, 3.05) is 51.7 Å². The van der Waals surface area contributed by atoms with E-state index in [0.717, 1.165) is 81.5 Å². The maximum atomic E-state index is 13.1. The Kier molecular flexibility index (Phi) is 10.5. The lowest BCUT2D eigenvalue weighted by molar-refractivity contribution is -0.136. The largest absolute Gasteiger partial charge is 0.367 e. The fourth-order valence-corrected chi connectivity index (χ4v) is 8.44. The van der Waals surface area contributed by atoms with Gasteiger partial charge < -0.3 is 30.3 Å². The monoisotopic (exact) mass is 813 g/mol. The zero-order chi connectivity index (χ0) is 42.2. The first-order chi connectivity index (χ1) is 29.7. The van der Waals surface area contributed by atoms with Crippen LogP contribution in [0.15, 0.2) is 85.3 Å². The summed E-state index contributed by atoms with van der Waals surface area (Å²) >= 11 is 0. The molecule has 5 amide bonds. The number of aromatic nitrogens is 3. The van der Waals surface area contributed by atoms with Crippen LogP contribution >= 0.6 is 0 Å². The second-order valence-electron chi connectivity index (χ2n) is 15.6. The first-order valence-electron chi connectivity index (χ1n) is 20.4. The molecule has 3 aliphatic heterocycles. The van der Waals surface area contributed by atoms with E-state index in [1.807, 2.05) is 30.5 Å². The molecule has 6 aromatic rings. The van der Waals surface area contributed by atoms with E-state index in [4.69, 9.17) is 4.98 Å². The maximum absolute atomic E-state index is 13.1. The van der Waals surface area contributed by atoms with Gasteiger partial charge in [0.2, 0.25) is 11.8 Å². The molecule has 0 aliphatic carbocycles. The number of nitrogens with zero attached hydrogens (tertiary/aromatic N) is 5. The molecule has 2 fully saturated rings. The molecule has 2 saturated heterocycles. The van der Waals surface area contributed by atoms with E-state index in [2.05, 4.69) is 78.9 Å². The number of hydrogen-bond donors (Lipinski definition) is 4. The minimum absolute atomic E-state index is 0.144. The Hall–Kier alpha value is -7.37. The minimum Gasteiger partial charge on any atom is -0.367 e. The van der Waals surface area contributed by atoms with Gasteiger partial charge >= 0.3 is 0 Å². The van der Waals surface area contributed by atoms with Crippen LogP contribution in [0.3, 0.4) is 0 Å². The third-order valence-electron chi connectivity index (χ3n) is 11.8. The Morgan fingerprint density at radius 2 is 1.70 bits per heavy atom. The summed E-state index contributed by atoms with van der Waals surface area (Å²) in [5.74, 6) is 4.71. The zero-order valence-electron chi connectivity index (χ0n) is 33.8. The molecule has 3 aromatic heterocycles. The molecule has 3 aliphatic rings. The first-order valence-corrected chi connectivity index (χ1v) is 20.4. The standard InChI is InChI=1S/C47H43N9O5/c1-48-44(58)36-26-52-43-34(36)21-31(23-41(43)55-19-17-54(2)18-20-55)32-10-6-9-29-22-39(51-25-35(29)32)30-12-13-38(50-24-30)45(59)49-16-4-3-7-28-8-5-11-33-37(28)27-56(47(33)61)40-14-15-42(57)53-46(40)60/h5-6,8-13,21-26,40,52H,4,14-20,27H2,1-2H3,(H,48,58)(H,49,59)(H,53,57,60). The van der Waals surface area contributed by atoms with E-state index in [9.17, 15) is 24.0 Å². The molecule has 6 heterocycles. The molecule has 9 rings (SSSR count). The number of fused-ring (bicyclic) bond motifs is 3. The lowest BCUT2D eigenvalue weighted by Crippen LogP contribution is -2.52. The number of nitrogens with one attached hydrogen (secondary N) is 4. The second-order valence-corrected chi connectivity index (χ2v) is 15.6. The smallest absolute Gasteiger partial charge is 0.269 e. The summed E-state index contributed by atoms with van der Waals surface area (Å²) in [6, 6.07) is 20.6. The van der Waals surface area contributed by atoms with Gasteiger partial charge in [0, 0.05) is 105 Å². The number of pyridine rings is 2. The average molecular weight is 814 g/mol. The minimum atomic E-state index is -0.695. The molecular formula is C47H43N9O5. The van der Waals surface area contributed by atoms with Crippen LogP contribution in [-0.4, -0.2) is 107 Å². The van der Waals surface area contributed by atoms with Crippen LogP contribution < -0.4 is 20.9 Å². The fourth-order valence-electron chi connectivity index (χ4n) is 8.44. The summed E-state index contributed by atoms with van der Waals surface area (Å²) in [5.41, 5.74) is 8.30. The number of carbonyl (C=O) groups is 5. The number of anilines is 1. The zero-order valence-corrected chi connectivity index (χ0v) is 33.8. The number of piperazine rings is 1. The van der Waals surface area contributed by atoms with Crippen molar-refractivity contribution in [3.63, 3.8) is 0 Å². The molecule has 14 nitrogen and oxygen atoms in total. The Balaban J connectivity index is 0.872. The second kappa shape index (κ2) is 16.4. The molecule has 0 radical (unpaired) electrons. The van der Waals surface area contributed by atoms with Gasteiger partial charge in [0.05, 0.1) is 22.5 Å². The van der Waals surface area contributed by atoms with Gasteiger partial charge in [-0.2, -0.15) is 0 Å². The lowest BCUT2D eigenvalue weighted by atomic mass is 9.96. The van der Waals surface area contributed by atoms with Crippen molar-refractivity contribution in [3.05, 3.63) is 113 Å². The third kappa shape index (κ3) is 7.56. The Morgan fingerprint density at radius 3 is 2.49 bits per heavy atom. The van der Waals surface area contributed by atoms with Crippen molar-refractivity contribution in [1.29, 1.82) is 0 Å². The van der Waals surface area contributed by atoms with Crippen molar-refractivity contribution in [1.82, 2.24) is 40.7 Å². The molecule has 0 spiro atoms. The Bertz CT molecular complexity index is 2830. The van der Waals surface area contributed by atoms with Gasteiger partial charge in [0.25, 0.3) is 17.7 Å². The van der Waals surface area contributed by atoms with Crippen molar-refractivity contribution >= 4 is 56.9 Å². The van der Waals surface area contributed by atoms with Gasteiger partial charge in [0.1, 0.15) is 11.7 Å². The van der Waals surface area contributed by atoms with E-state index >= 15 is 0 Å². The van der Waals surface area contributed by atoms with E-state index < -0.39 is 11.9 Å². The summed E-state index contributed by atoms with van der Waals surface area (Å²) in [5, 5.41) is 10.8. The number of aromatic amines is 1. The third-order valence-corrected chi connectivity index (χ3v) is 11.8. The molecule has 1 unspecified atom stereocenters. The molecule has 306 valence electrons. The molecule has 14 heteroatoms. The van der Waals surface area contributed by atoms with Gasteiger partial charge in [-0.05, 0) is 78.0 Å². The van der Waals surface area contributed by atoms with Crippen LogP contribution in [0.5, 0.6) is 0 Å². The van der Waals surface area contributed by atoms with Crippen LogP contribution in [0, 0.1) is 11.8 Å². The van der Waals surface area contributed by atoms with E-state index in [-0.39, 0.29) is 42.3 Å².